The van der Waals surface area contributed by atoms with Crippen molar-refractivity contribution < 1.29 is 13.5 Å². The Morgan fingerprint density at radius 3 is 2.28 bits per heavy atom. The molecule has 0 atom stereocenters. The van der Waals surface area contributed by atoms with E-state index in [0.717, 1.165) is 31.5 Å². The van der Waals surface area contributed by atoms with Gasteiger partial charge in [-0.25, -0.2) is 8.42 Å². The van der Waals surface area contributed by atoms with Gasteiger partial charge in [-0.2, -0.15) is 0 Å². The molecule has 0 amide bonds. The van der Waals surface area contributed by atoms with Gasteiger partial charge in [0.05, 0.1) is 10.5 Å². The summed E-state index contributed by atoms with van der Waals surface area (Å²) < 4.78 is 22.7. The summed E-state index contributed by atoms with van der Waals surface area (Å²) in [5, 5.41) is 13.6. The quantitative estimate of drug-likeness (QED) is 0.849. The van der Waals surface area contributed by atoms with Crippen LogP contribution in [0.1, 0.15) is 18.4 Å². The molecule has 0 aliphatic carbocycles. The molecule has 5 heteroatoms. The number of piperidine rings is 1. The van der Waals surface area contributed by atoms with E-state index < -0.39 is 15.4 Å². The largest absolute Gasteiger partial charge is 0.389 e. The molecule has 0 radical (unpaired) electrons. The minimum absolute atomic E-state index is 0.323. The lowest BCUT2D eigenvalue weighted by atomic mass is 9.86. The highest BCUT2D eigenvalue weighted by Gasteiger charge is 2.29. The van der Waals surface area contributed by atoms with E-state index >= 15 is 0 Å². The van der Waals surface area contributed by atoms with Crippen molar-refractivity contribution in [2.75, 3.05) is 19.3 Å². The molecule has 18 heavy (non-hydrogen) atoms. The van der Waals surface area contributed by atoms with Gasteiger partial charge in [-0.05, 0) is 43.6 Å². The van der Waals surface area contributed by atoms with Gasteiger partial charge < -0.3 is 10.4 Å². The molecule has 4 nitrogen and oxygen atoms in total. The van der Waals surface area contributed by atoms with E-state index in [9.17, 15) is 13.5 Å². The minimum Gasteiger partial charge on any atom is -0.389 e. The van der Waals surface area contributed by atoms with E-state index in [1.807, 2.05) is 0 Å². The van der Waals surface area contributed by atoms with Gasteiger partial charge >= 0.3 is 0 Å². The summed E-state index contributed by atoms with van der Waals surface area (Å²) in [4.78, 5) is 0.323. The van der Waals surface area contributed by atoms with Gasteiger partial charge in [0.25, 0.3) is 0 Å². The molecule has 1 aliphatic heterocycles. The highest BCUT2D eigenvalue weighted by atomic mass is 32.2. The average Bonchev–Trinajstić information content (AvgIpc) is 2.29. The van der Waals surface area contributed by atoms with Crippen LogP contribution in [-0.2, 0) is 16.3 Å². The first-order valence-electron chi connectivity index (χ1n) is 6.11. The summed E-state index contributed by atoms with van der Waals surface area (Å²) in [6.07, 6.45) is 3.25. The van der Waals surface area contributed by atoms with Gasteiger partial charge in [0, 0.05) is 12.7 Å². The number of rotatable bonds is 3. The van der Waals surface area contributed by atoms with Crippen molar-refractivity contribution in [1.82, 2.24) is 5.32 Å². The van der Waals surface area contributed by atoms with Crippen molar-refractivity contribution in [3.8, 4) is 0 Å². The Labute approximate surface area is 108 Å². The number of nitrogens with one attached hydrogen (secondary N) is 1. The monoisotopic (exact) mass is 269 g/mol. The van der Waals surface area contributed by atoms with Crippen LogP contribution in [0.3, 0.4) is 0 Å². The summed E-state index contributed by atoms with van der Waals surface area (Å²) >= 11 is 0. The van der Waals surface area contributed by atoms with Crippen LogP contribution in [0.2, 0.25) is 0 Å². The summed E-state index contributed by atoms with van der Waals surface area (Å²) in [7, 11) is -3.14. The maximum atomic E-state index is 11.3. The Bertz CT molecular complexity index is 502. The van der Waals surface area contributed by atoms with Crippen LogP contribution in [0.15, 0.2) is 29.2 Å². The van der Waals surface area contributed by atoms with Crippen LogP contribution in [0.4, 0.5) is 0 Å². The van der Waals surface area contributed by atoms with E-state index in [2.05, 4.69) is 5.32 Å². The second-order valence-electron chi connectivity index (χ2n) is 5.07. The van der Waals surface area contributed by atoms with Crippen molar-refractivity contribution in [2.24, 2.45) is 0 Å². The molecule has 1 aromatic rings. The fraction of sp³-hybridized carbons (Fsp3) is 0.538. The van der Waals surface area contributed by atoms with Crippen LogP contribution in [0.25, 0.3) is 0 Å². The number of hydrogen-bond acceptors (Lipinski definition) is 4. The Morgan fingerprint density at radius 1 is 1.22 bits per heavy atom. The maximum absolute atomic E-state index is 11.3. The smallest absolute Gasteiger partial charge is 0.175 e. The molecule has 2 N–H and O–H groups in total. The molecule has 100 valence electrons. The maximum Gasteiger partial charge on any atom is 0.175 e. The molecule has 1 aliphatic rings. The summed E-state index contributed by atoms with van der Waals surface area (Å²) in [5.41, 5.74) is 0.324. The van der Waals surface area contributed by atoms with Gasteiger partial charge in [0.15, 0.2) is 9.84 Å². The molecule has 1 aromatic carbocycles. The molecule has 1 fully saturated rings. The second-order valence-corrected chi connectivity index (χ2v) is 7.08. The first kappa shape index (κ1) is 13.5. The zero-order valence-corrected chi connectivity index (χ0v) is 11.3. The van der Waals surface area contributed by atoms with E-state index in [4.69, 9.17) is 0 Å². The zero-order valence-electron chi connectivity index (χ0n) is 10.5. The first-order valence-corrected chi connectivity index (χ1v) is 8.00. The minimum atomic E-state index is -3.14. The van der Waals surface area contributed by atoms with E-state index in [1.165, 1.54) is 6.26 Å². The third-order valence-corrected chi connectivity index (χ3v) is 4.55. The first-order chi connectivity index (χ1) is 8.39. The van der Waals surface area contributed by atoms with Gasteiger partial charge in [-0.15, -0.1) is 0 Å². The van der Waals surface area contributed by atoms with Gasteiger partial charge in [0.1, 0.15) is 0 Å². The summed E-state index contributed by atoms with van der Waals surface area (Å²) in [5.74, 6) is 0. The number of hydrogen-bond donors (Lipinski definition) is 2. The van der Waals surface area contributed by atoms with Crippen molar-refractivity contribution in [2.45, 2.75) is 29.8 Å². The molecule has 0 unspecified atom stereocenters. The van der Waals surface area contributed by atoms with E-state index in [-0.39, 0.29) is 0 Å². The topological polar surface area (TPSA) is 66.4 Å². The van der Waals surface area contributed by atoms with Crippen LogP contribution in [0, 0.1) is 0 Å². The lowest BCUT2D eigenvalue weighted by Gasteiger charge is -2.32. The third-order valence-electron chi connectivity index (χ3n) is 3.42. The fourth-order valence-electron chi connectivity index (χ4n) is 2.30. The predicted octanol–water partition coefficient (Wildman–Crippen LogP) is 0.747. The van der Waals surface area contributed by atoms with Crippen molar-refractivity contribution in [3.05, 3.63) is 29.8 Å². The van der Waals surface area contributed by atoms with Crippen molar-refractivity contribution >= 4 is 9.84 Å². The molecule has 2 rings (SSSR count). The summed E-state index contributed by atoms with van der Waals surface area (Å²) in [6, 6.07) is 6.79. The fourth-order valence-corrected chi connectivity index (χ4v) is 2.93. The zero-order chi connectivity index (χ0) is 13.2. The Balaban J connectivity index is 2.11. The average molecular weight is 269 g/mol. The Kier molecular flexibility index (Phi) is 3.75. The molecule has 1 heterocycles. The molecular formula is C13H19NO3S. The number of sulfone groups is 1. The van der Waals surface area contributed by atoms with Gasteiger partial charge in [-0.1, -0.05) is 12.1 Å². The van der Waals surface area contributed by atoms with Crippen molar-refractivity contribution in [3.63, 3.8) is 0 Å². The Hall–Kier alpha value is -0.910. The molecule has 0 saturated carbocycles. The van der Waals surface area contributed by atoms with Crippen molar-refractivity contribution in [1.29, 1.82) is 0 Å². The van der Waals surface area contributed by atoms with Crippen LogP contribution < -0.4 is 5.32 Å². The number of aliphatic hydroxyl groups is 1. The lowest BCUT2D eigenvalue weighted by Crippen LogP contribution is -2.43. The van der Waals surface area contributed by atoms with Crippen LogP contribution in [0.5, 0.6) is 0 Å². The molecule has 0 bridgehead atoms. The molecular weight excluding hydrogens is 250 g/mol. The third kappa shape index (κ3) is 3.31. The van der Waals surface area contributed by atoms with Crippen LogP contribution >= 0.6 is 0 Å². The Morgan fingerprint density at radius 2 is 1.78 bits per heavy atom. The molecule has 1 saturated heterocycles. The summed E-state index contributed by atoms with van der Waals surface area (Å²) in [6.45, 7) is 1.66. The second kappa shape index (κ2) is 4.99. The molecule has 0 aromatic heterocycles. The van der Waals surface area contributed by atoms with Gasteiger partial charge in [0.2, 0.25) is 0 Å². The predicted molar refractivity (Wildman–Crippen MR) is 70.3 cm³/mol. The highest BCUT2D eigenvalue weighted by molar-refractivity contribution is 7.90. The number of benzene rings is 1. The van der Waals surface area contributed by atoms with E-state index in [0.29, 0.717) is 11.3 Å². The standard InChI is InChI=1S/C13H19NO3S/c1-18(16,17)12-4-2-11(3-5-12)10-13(15)6-8-14-9-7-13/h2-5,14-15H,6-10H2,1H3. The normalized spacial score (nSPS) is 19.7. The van der Waals surface area contributed by atoms with E-state index in [1.54, 1.807) is 24.3 Å². The van der Waals surface area contributed by atoms with Crippen LogP contribution in [-0.4, -0.2) is 38.5 Å². The SMILES string of the molecule is CS(=O)(=O)c1ccc(CC2(O)CCNCC2)cc1. The molecule has 0 spiro atoms. The van der Waals surface area contributed by atoms with Gasteiger partial charge in [-0.3, -0.25) is 0 Å². The highest BCUT2D eigenvalue weighted by Crippen LogP contribution is 2.23. The lowest BCUT2D eigenvalue weighted by molar-refractivity contribution is 0.0109.